The van der Waals surface area contributed by atoms with Gasteiger partial charge in [-0.3, -0.25) is 14.4 Å². The molecular formula is C25H20O8. The zero-order valence-electron chi connectivity index (χ0n) is 18.4. The highest BCUT2D eigenvalue weighted by Gasteiger charge is 2.35. The number of hydrogen-bond acceptors (Lipinski definition) is 8. The Morgan fingerprint density at radius 2 is 1.48 bits per heavy atom. The molecule has 0 radical (unpaired) electrons. The maximum absolute atomic E-state index is 13.4. The molecule has 3 aromatic carbocycles. The van der Waals surface area contributed by atoms with E-state index >= 15 is 0 Å². The quantitative estimate of drug-likeness (QED) is 0.429. The van der Waals surface area contributed by atoms with Gasteiger partial charge in [0.2, 0.25) is 0 Å². The van der Waals surface area contributed by atoms with E-state index in [1.54, 1.807) is 24.3 Å². The third-order valence-electron chi connectivity index (χ3n) is 5.69. The molecule has 0 bridgehead atoms. The summed E-state index contributed by atoms with van der Waals surface area (Å²) in [7, 11) is 5.23. The Kier molecular flexibility index (Phi) is 5.59. The summed E-state index contributed by atoms with van der Waals surface area (Å²) in [6.45, 7) is 0. The summed E-state index contributed by atoms with van der Waals surface area (Å²) in [5.41, 5.74) is 1.04. The Labute approximate surface area is 189 Å². The lowest BCUT2D eigenvalue weighted by atomic mass is 9.81. The van der Waals surface area contributed by atoms with Gasteiger partial charge in [-0.05, 0) is 17.7 Å². The molecule has 1 aliphatic carbocycles. The molecule has 33 heavy (non-hydrogen) atoms. The van der Waals surface area contributed by atoms with Gasteiger partial charge < -0.3 is 18.9 Å². The number of carbonyl (C=O) groups excluding carboxylic acids is 4. The van der Waals surface area contributed by atoms with E-state index < -0.39 is 11.9 Å². The molecule has 8 heteroatoms. The number of carbonyl (C=O) groups is 4. The summed E-state index contributed by atoms with van der Waals surface area (Å²) in [5.74, 6) is -1.70. The van der Waals surface area contributed by atoms with E-state index in [0.29, 0.717) is 5.39 Å². The van der Waals surface area contributed by atoms with E-state index in [4.69, 9.17) is 18.9 Å². The maximum Gasteiger partial charge on any atom is 0.338 e. The monoisotopic (exact) mass is 448 g/mol. The molecule has 1 aliphatic rings. The predicted molar refractivity (Wildman–Crippen MR) is 117 cm³/mol. The van der Waals surface area contributed by atoms with Gasteiger partial charge >= 0.3 is 11.9 Å². The third-order valence-corrected chi connectivity index (χ3v) is 5.69. The fourth-order valence-electron chi connectivity index (χ4n) is 4.21. The first-order valence-corrected chi connectivity index (χ1v) is 9.96. The van der Waals surface area contributed by atoms with Crippen molar-refractivity contribution in [1.82, 2.24) is 0 Å². The summed E-state index contributed by atoms with van der Waals surface area (Å²) in [6, 6.07) is 9.47. The number of ether oxygens (including phenoxy) is 4. The van der Waals surface area contributed by atoms with Crippen molar-refractivity contribution >= 4 is 34.3 Å². The third kappa shape index (κ3) is 3.31. The predicted octanol–water partition coefficient (Wildman–Crippen LogP) is 3.13. The van der Waals surface area contributed by atoms with Crippen LogP contribution in [0, 0.1) is 0 Å². The van der Waals surface area contributed by atoms with Gasteiger partial charge in [-0.1, -0.05) is 24.3 Å². The Hall–Kier alpha value is -4.20. The highest BCUT2D eigenvalue weighted by molar-refractivity contribution is 6.32. The first-order valence-electron chi connectivity index (χ1n) is 9.96. The molecule has 0 heterocycles. The minimum atomic E-state index is -0.724. The van der Waals surface area contributed by atoms with E-state index in [-0.39, 0.29) is 68.3 Å². The van der Waals surface area contributed by atoms with Gasteiger partial charge in [-0.15, -0.1) is 0 Å². The van der Waals surface area contributed by atoms with Crippen LogP contribution >= 0.6 is 0 Å². The second kappa shape index (κ2) is 8.38. The Morgan fingerprint density at radius 3 is 2.06 bits per heavy atom. The van der Waals surface area contributed by atoms with Gasteiger partial charge in [-0.2, -0.15) is 0 Å². The number of rotatable bonds is 5. The van der Waals surface area contributed by atoms with Crippen LogP contribution in [0.3, 0.4) is 0 Å². The van der Waals surface area contributed by atoms with E-state index in [2.05, 4.69) is 0 Å². The van der Waals surface area contributed by atoms with Gasteiger partial charge in [0.25, 0.3) is 0 Å². The van der Waals surface area contributed by atoms with Crippen molar-refractivity contribution in [2.75, 3.05) is 28.4 Å². The van der Waals surface area contributed by atoms with Gasteiger partial charge in [0.05, 0.1) is 51.4 Å². The van der Waals surface area contributed by atoms with Crippen LogP contribution in [0.2, 0.25) is 0 Å². The molecule has 0 aromatic heterocycles. The van der Waals surface area contributed by atoms with Gasteiger partial charge in [0.1, 0.15) is 11.5 Å². The molecule has 4 rings (SSSR count). The second-order valence-electron chi connectivity index (χ2n) is 7.32. The number of ketones is 2. The van der Waals surface area contributed by atoms with Crippen LogP contribution in [0.25, 0.3) is 10.8 Å². The molecule has 0 unspecified atom stereocenters. The largest absolute Gasteiger partial charge is 0.496 e. The fraction of sp³-hybridized carbons (Fsp3) is 0.200. The lowest BCUT2D eigenvalue weighted by Gasteiger charge is -2.23. The van der Waals surface area contributed by atoms with Crippen LogP contribution in [0.15, 0.2) is 36.4 Å². The molecule has 0 aliphatic heterocycles. The van der Waals surface area contributed by atoms with Crippen LogP contribution < -0.4 is 9.47 Å². The van der Waals surface area contributed by atoms with Gasteiger partial charge in [0, 0.05) is 22.1 Å². The molecule has 168 valence electrons. The number of hydrogen-bond donors (Lipinski definition) is 0. The molecule has 3 aromatic rings. The Balaban J connectivity index is 2.17. The van der Waals surface area contributed by atoms with E-state index in [0.717, 1.165) is 0 Å². The summed E-state index contributed by atoms with van der Waals surface area (Å²) in [4.78, 5) is 51.6. The number of esters is 2. The summed E-state index contributed by atoms with van der Waals surface area (Å²) < 4.78 is 20.9. The smallest absolute Gasteiger partial charge is 0.338 e. The SMILES string of the molecule is COC(=O)Cc1cc(OC)c2c(OC)c3c(cc2c1C(=O)OC)C(=O)c1ccccc1C3=O. The van der Waals surface area contributed by atoms with E-state index in [1.807, 2.05) is 0 Å². The second-order valence-corrected chi connectivity index (χ2v) is 7.32. The highest BCUT2D eigenvalue weighted by Crippen LogP contribution is 2.45. The zero-order chi connectivity index (χ0) is 23.9. The van der Waals surface area contributed by atoms with Crippen molar-refractivity contribution in [3.8, 4) is 11.5 Å². The summed E-state index contributed by atoms with van der Waals surface area (Å²) in [6.07, 6.45) is -0.234. The van der Waals surface area contributed by atoms with Crippen molar-refractivity contribution in [1.29, 1.82) is 0 Å². The first kappa shape index (κ1) is 22.0. The van der Waals surface area contributed by atoms with Crippen molar-refractivity contribution < 1.29 is 38.1 Å². The molecule has 0 atom stereocenters. The van der Waals surface area contributed by atoms with Gasteiger partial charge in [0.15, 0.2) is 11.6 Å². The average Bonchev–Trinajstić information content (AvgIpc) is 2.84. The minimum Gasteiger partial charge on any atom is -0.496 e. The fourth-order valence-corrected chi connectivity index (χ4v) is 4.21. The van der Waals surface area contributed by atoms with Crippen LogP contribution in [-0.2, 0) is 20.7 Å². The standard InChI is InChI=1S/C25H20O8/c1-30-17-9-12(10-18(26)31-2)19(25(29)33-4)15-11-16-21(24(32-3)20(15)17)23(28)14-8-6-5-7-13(14)22(16)27/h5-9,11H,10H2,1-4H3. The van der Waals surface area contributed by atoms with Gasteiger partial charge in [-0.25, -0.2) is 4.79 Å². The molecule has 0 saturated carbocycles. The molecule has 0 saturated heterocycles. The molecule has 0 fully saturated rings. The summed E-state index contributed by atoms with van der Waals surface area (Å²) >= 11 is 0. The molecule has 0 N–H and O–H groups in total. The van der Waals surface area contributed by atoms with Crippen molar-refractivity contribution in [2.45, 2.75) is 6.42 Å². The van der Waals surface area contributed by atoms with Crippen molar-refractivity contribution in [2.24, 2.45) is 0 Å². The van der Waals surface area contributed by atoms with Crippen molar-refractivity contribution in [3.05, 3.63) is 69.8 Å². The number of fused-ring (bicyclic) bond motifs is 3. The van der Waals surface area contributed by atoms with Crippen LogP contribution in [0.4, 0.5) is 0 Å². The highest BCUT2D eigenvalue weighted by atomic mass is 16.5. The zero-order valence-corrected chi connectivity index (χ0v) is 18.4. The normalized spacial score (nSPS) is 12.1. The van der Waals surface area contributed by atoms with Crippen LogP contribution in [-0.4, -0.2) is 51.9 Å². The minimum absolute atomic E-state index is 0.0545. The van der Waals surface area contributed by atoms with E-state index in [1.165, 1.54) is 40.6 Å². The average molecular weight is 448 g/mol. The van der Waals surface area contributed by atoms with Crippen molar-refractivity contribution in [3.63, 3.8) is 0 Å². The van der Waals surface area contributed by atoms with E-state index in [9.17, 15) is 19.2 Å². The molecule has 0 amide bonds. The maximum atomic E-state index is 13.4. The molecular weight excluding hydrogens is 428 g/mol. The first-order chi connectivity index (χ1) is 15.9. The molecule has 8 nitrogen and oxygen atoms in total. The number of benzene rings is 3. The topological polar surface area (TPSA) is 105 Å². The summed E-state index contributed by atoms with van der Waals surface area (Å²) in [5, 5.41) is 0.574. The Morgan fingerprint density at radius 1 is 0.818 bits per heavy atom. The van der Waals surface area contributed by atoms with Crippen LogP contribution in [0.5, 0.6) is 11.5 Å². The van der Waals surface area contributed by atoms with Crippen LogP contribution in [0.1, 0.15) is 47.8 Å². The molecule has 0 spiro atoms. The number of methoxy groups -OCH3 is 4. The Bertz CT molecular complexity index is 1350. The lowest BCUT2D eigenvalue weighted by molar-refractivity contribution is -0.139. The lowest BCUT2D eigenvalue weighted by Crippen LogP contribution is -2.22.